The molecule has 1 aromatic carbocycles. The Kier molecular flexibility index (Phi) is 5.01. The number of carbonyl (C=O) groups excluding carboxylic acids is 1. The van der Waals surface area contributed by atoms with E-state index in [2.05, 4.69) is 0 Å². The first kappa shape index (κ1) is 14.9. The number of hydrogen-bond acceptors (Lipinski definition) is 3. The molecule has 1 amide bonds. The van der Waals surface area contributed by atoms with E-state index in [0.29, 0.717) is 5.92 Å². The van der Waals surface area contributed by atoms with Gasteiger partial charge >= 0.3 is 0 Å². The summed E-state index contributed by atoms with van der Waals surface area (Å²) >= 11 is 0. The molecule has 1 fully saturated rings. The molecule has 110 valence electrons. The molecule has 0 N–H and O–H groups in total. The maximum atomic E-state index is 12.6. The molecule has 0 saturated carbocycles. The first-order valence-corrected chi connectivity index (χ1v) is 7.08. The van der Waals surface area contributed by atoms with Crippen LogP contribution in [0.4, 0.5) is 0 Å². The molecule has 2 rings (SSSR count). The molecule has 4 nitrogen and oxygen atoms in total. The topological polar surface area (TPSA) is 38.8 Å². The molecule has 0 spiro atoms. The molecule has 20 heavy (non-hydrogen) atoms. The van der Waals surface area contributed by atoms with E-state index in [4.69, 9.17) is 9.47 Å². The molecule has 0 radical (unpaired) electrons. The Morgan fingerprint density at radius 1 is 1.40 bits per heavy atom. The summed E-state index contributed by atoms with van der Waals surface area (Å²) in [4.78, 5) is 14.6. The number of aryl methyl sites for hydroxylation is 1. The van der Waals surface area contributed by atoms with E-state index in [9.17, 15) is 4.79 Å². The maximum Gasteiger partial charge on any atom is 0.254 e. The predicted molar refractivity (Wildman–Crippen MR) is 78.2 cm³/mol. The smallest absolute Gasteiger partial charge is 0.254 e. The van der Waals surface area contributed by atoms with Crippen molar-refractivity contribution in [3.05, 3.63) is 29.3 Å². The Hall–Kier alpha value is -1.55. The third-order valence-electron chi connectivity index (χ3n) is 3.87. The second-order valence-electron chi connectivity index (χ2n) is 5.40. The Morgan fingerprint density at radius 2 is 2.20 bits per heavy atom. The lowest BCUT2D eigenvalue weighted by molar-refractivity contribution is 0.0570. The van der Waals surface area contributed by atoms with Crippen molar-refractivity contribution in [2.24, 2.45) is 5.92 Å². The van der Waals surface area contributed by atoms with Crippen LogP contribution < -0.4 is 4.74 Å². The zero-order valence-corrected chi connectivity index (χ0v) is 12.5. The van der Waals surface area contributed by atoms with Gasteiger partial charge in [0.25, 0.3) is 5.91 Å². The van der Waals surface area contributed by atoms with Crippen LogP contribution in [0.15, 0.2) is 18.2 Å². The molecule has 1 saturated heterocycles. The van der Waals surface area contributed by atoms with E-state index in [0.717, 1.165) is 49.4 Å². The summed E-state index contributed by atoms with van der Waals surface area (Å²) in [6, 6.07) is 5.61. The Bertz CT molecular complexity index is 471. The number of ether oxygens (including phenoxy) is 2. The van der Waals surface area contributed by atoms with Gasteiger partial charge in [-0.05, 0) is 49.4 Å². The average Bonchev–Trinajstić information content (AvgIpc) is 2.47. The van der Waals surface area contributed by atoms with Crippen molar-refractivity contribution in [1.29, 1.82) is 0 Å². The van der Waals surface area contributed by atoms with Gasteiger partial charge in [0, 0.05) is 25.8 Å². The van der Waals surface area contributed by atoms with Crippen LogP contribution in [-0.4, -0.2) is 44.7 Å². The molecular weight excluding hydrogens is 254 g/mol. The third kappa shape index (κ3) is 3.31. The van der Waals surface area contributed by atoms with Crippen molar-refractivity contribution in [3.8, 4) is 5.75 Å². The standard InChI is InChI=1S/C16H23NO3/c1-12-9-14(20-3)6-7-15(12)16(18)17-8-4-5-13(10-17)11-19-2/h6-7,9,13H,4-5,8,10-11H2,1-3H3/t13-/m0/s1. The fourth-order valence-electron chi connectivity index (χ4n) is 2.79. The highest BCUT2D eigenvalue weighted by molar-refractivity contribution is 5.95. The number of amides is 1. The largest absolute Gasteiger partial charge is 0.497 e. The Balaban J connectivity index is 2.10. The van der Waals surface area contributed by atoms with Crippen LogP contribution in [0.3, 0.4) is 0 Å². The lowest BCUT2D eigenvalue weighted by Gasteiger charge is -2.32. The summed E-state index contributed by atoms with van der Waals surface area (Å²) in [7, 11) is 3.35. The van der Waals surface area contributed by atoms with Crippen molar-refractivity contribution in [2.75, 3.05) is 33.9 Å². The molecule has 1 heterocycles. The van der Waals surface area contributed by atoms with Crippen molar-refractivity contribution >= 4 is 5.91 Å². The second kappa shape index (κ2) is 6.75. The van der Waals surface area contributed by atoms with Gasteiger partial charge in [0.15, 0.2) is 0 Å². The molecule has 0 bridgehead atoms. The van der Waals surface area contributed by atoms with Gasteiger partial charge in [-0.1, -0.05) is 0 Å². The number of methoxy groups -OCH3 is 2. The normalized spacial score (nSPS) is 18.9. The lowest BCUT2D eigenvalue weighted by atomic mass is 9.97. The monoisotopic (exact) mass is 277 g/mol. The van der Waals surface area contributed by atoms with Crippen molar-refractivity contribution in [1.82, 2.24) is 4.90 Å². The number of benzene rings is 1. The first-order chi connectivity index (χ1) is 9.65. The number of nitrogens with zero attached hydrogens (tertiary/aromatic N) is 1. The van der Waals surface area contributed by atoms with Crippen LogP contribution >= 0.6 is 0 Å². The van der Waals surface area contributed by atoms with Crippen molar-refractivity contribution in [3.63, 3.8) is 0 Å². The number of piperidine rings is 1. The van der Waals surface area contributed by atoms with E-state index in [1.165, 1.54) is 0 Å². The van der Waals surface area contributed by atoms with E-state index in [1.54, 1.807) is 14.2 Å². The molecule has 1 aromatic rings. The second-order valence-corrected chi connectivity index (χ2v) is 5.40. The van der Waals surface area contributed by atoms with Crippen LogP contribution in [0.5, 0.6) is 5.75 Å². The number of hydrogen-bond donors (Lipinski definition) is 0. The van der Waals surface area contributed by atoms with Crippen molar-refractivity contribution < 1.29 is 14.3 Å². The summed E-state index contributed by atoms with van der Waals surface area (Å²) in [6.07, 6.45) is 2.19. The van der Waals surface area contributed by atoms with Crippen LogP contribution in [0.1, 0.15) is 28.8 Å². The zero-order valence-electron chi connectivity index (χ0n) is 12.5. The van der Waals surface area contributed by atoms with Gasteiger partial charge < -0.3 is 14.4 Å². The molecular formula is C16H23NO3. The Morgan fingerprint density at radius 3 is 2.85 bits per heavy atom. The molecule has 0 aromatic heterocycles. The predicted octanol–water partition coefficient (Wildman–Crippen LogP) is 2.50. The molecule has 1 aliphatic heterocycles. The SMILES string of the molecule is COC[C@H]1CCCN(C(=O)c2ccc(OC)cc2C)C1. The summed E-state index contributed by atoms with van der Waals surface area (Å²) in [5.41, 5.74) is 1.73. The summed E-state index contributed by atoms with van der Waals surface area (Å²) < 4.78 is 10.4. The minimum atomic E-state index is 0.117. The highest BCUT2D eigenvalue weighted by Gasteiger charge is 2.25. The first-order valence-electron chi connectivity index (χ1n) is 7.08. The summed E-state index contributed by atoms with van der Waals surface area (Å²) in [5, 5.41) is 0. The minimum Gasteiger partial charge on any atom is -0.497 e. The zero-order chi connectivity index (χ0) is 14.5. The molecule has 0 unspecified atom stereocenters. The molecule has 0 aliphatic carbocycles. The van der Waals surface area contributed by atoms with Gasteiger partial charge in [-0.15, -0.1) is 0 Å². The van der Waals surface area contributed by atoms with E-state index in [-0.39, 0.29) is 5.91 Å². The van der Waals surface area contributed by atoms with Crippen LogP contribution in [-0.2, 0) is 4.74 Å². The number of carbonyl (C=O) groups is 1. The summed E-state index contributed by atoms with van der Waals surface area (Å²) in [6.45, 7) is 4.31. The average molecular weight is 277 g/mol. The van der Waals surface area contributed by atoms with Crippen LogP contribution in [0.25, 0.3) is 0 Å². The van der Waals surface area contributed by atoms with E-state index in [1.807, 2.05) is 30.0 Å². The van der Waals surface area contributed by atoms with Gasteiger partial charge in [0.1, 0.15) is 5.75 Å². The lowest BCUT2D eigenvalue weighted by Crippen LogP contribution is -2.41. The van der Waals surface area contributed by atoms with Crippen molar-refractivity contribution in [2.45, 2.75) is 19.8 Å². The van der Waals surface area contributed by atoms with Gasteiger partial charge in [-0.3, -0.25) is 4.79 Å². The summed E-state index contributed by atoms with van der Waals surface area (Å²) in [5.74, 6) is 1.36. The Labute approximate surface area is 120 Å². The highest BCUT2D eigenvalue weighted by Crippen LogP contribution is 2.22. The quantitative estimate of drug-likeness (QED) is 0.849. The molecule has 1 aliphatic rings. The fourth-order valence-corrected chi connectivity index (χ4v) is 2.79. The highest BCUT2D eigenvalue weighted by atomic mass is 16.5. The van der Waals surface area contributed by atoms with Gasteiger partial charge in [-0.2, -0.15) is 0 Å². The number of rotatable bonds is 4. The van der Waals surface area contributed by atoms with Gasteiger partial charge in [-0.25, -0.2) is 0 Å². The van der Waals surface area contributed by atoms with Crippen LogP contribution in [0, 0.1) is 12.8 Å². The van der Waals surface area contributed by atoms with E-state index < -0.39 is 0 Å². The molecule has 4 heteroatoms. The minimum absolute atomic E-state index is 0.117. The maximum absolute atomic E-state index is 12.6. The van der Waals surface area contributed by atoms with Gasteiger partial charge in [0.05, 0.1) is 13.7 Å². The number of likely N-dealkylation sites (tertiary alicyclic amines) is 1. The molecule has 1 atom stereocenters. The van der Waals surface area contributed by atoms with Gasteiger partial charge in [0.2, 0.25) is 0 Å². The van der Waals surface area contributed by atoms with E-state index >= 15 is 0 Å². The van der Waals surface area contributed by atoms with Crippen LogP contribution in [0.2, 0.25) is 0 Å². The fraction of sp³-hybridized carbons (Fsp3) is 0.562. The third-order valence-corrected chi connectivity index (χ3v) is 3.87.